The maximum Gasteiger partial charge on any atom is 0.330 e. The van der Waals surface area contributed by atoms with Gasteiger partial charge in [0.25, 0.3) is 11.1 Å². The number of unbranched alkanes of at least 4 members (excludes halogenated alkanes) is 1. The lowest BCUT2D eigenvalue weighted by Gasteiger charge is -2.10. The quantitative estimate of drug-likeness (QED) is 0.482. The predicted molar refractivity (Wildman–Crippen MR) is 120 cm³/mol. The van der Waals surface area contributed by atoms with E-state index in [9.17, 15) is 24.4 Å². The highest BCUT2D eigenvalue weighted by Gasteiger charge is 2.18. The molecule has 3 aromatic heterocycles. The standard InChI is InChI=1S/C22H26N6O5/c1-5-6-9-28-19-18(21(31)26-22(28)32)27(4)16(25-19)11-33-17(29)8-7-14-12(2)15(10-23)20(30)24-13(14)3/h5-9,11H2,1-4H3,(H,24,30)(H,26,31,32). The van der Waals surface area contributed by atoms with Gasteiger partial charge in [-0.05, 0) is 37.8 Å². The zero-order chi connectivity index (χ0) is 24.3. The SMILES string of the molecule is CCCCn1c(=O)[nH]c(=O)c2c1nc(COC(=O)CCc1c(C)[nH]c(=O)c(C#N)c1C)n2C. The number of imidazole rings is 1. The van der Waals surface area contributed by atoms with Crippen LogP contribution in [0.1, 0.15) is 54.4 Å². The second-order valence-corrected chi connectivity index (χ2v) is 7.85. The van der Waals surface area contributed by atoms with E-state index < -0.39 is 22.8 Å². The summed E-state index contributed by atoms with van der Waals surface area (Å²) in [5.41, 5.74) is 0.872. The first-order valence-corrected chi connectivity index (χ1v) is 10.7. The Hall–Kier alpha value is -3.94. The minimum absolute atomic E-state index is 0.0306. The van der Waals surface area contributed by atoms with Crippen LogP contribution in [0.25, 0.3) is 11.2 Å². The van der Waals surface area contributed by atoms with Crippen LogP contribution in [-0.4, -0.2) is 30.1 Å². The Bertz CT molecular complexity index is 1430. The van der Waals surface area contributed by atoms with Crippen LogP contribution in [-0.2, 0) is 36.2 Å². The molecule has 0 aliphatic rings. The van der Waals surface area contributed by atoms with Crippen molar-refractivity contribution in [1.82, 2.24) is 24.1 Å². The lowest BCUT2D eigenvalue weighted by atomic mass is 9.99. The Morgan fingerprint density at radius 2 is 1.91 bits per heavy atom. The molecule has 174 valence electrons. The second kappa shape index (κ2) is 9.68. The Morgan fingerprint density at radius 1 is 1.18 bits per heavy atom. The van der Waals surface area contributed by atoms with Crippen LogP contribution in [0.5, 0.6) is 0 Å². The van der Waals surface area contributed by atoms with Crippen molar-refractivity contribution in [2.45, 2.75) is 59.6 Å². The number of nitrogens with zero attached hydrogens (tertiary/aromatic N) is 4. The number of aryl methyl sites for hydroxylation is 3. The summed E-state index contributed by atoms with van der Waals surface area (Å²) < 4.78 is 8.28. The van der Waals surface area contributed by atoms with Gasteiger partial charge in [-0.25, -0.2) is 9.78 Å². The average Bonchev–Trinajstić information content (AvgIpc) is 3.08. The van der Waals surface area contributed by atoms with Crippen LogP contribution >= 0.6 is 0 Å². The van der Waals surface area contributed by atoms with Gasteiger partial charge in [0.15, 0.2) is 11.2 Å². The van der Waals surface area contributed by atoms with E-state index in [0.29, 0.717) is 30.0 Å². The van der Waals surface area contributed by atoms with Gasteiger partial charge in [0, 0.05) is 25.7 Å². The van der Waals surface area contributed by atoms with Crippen molar-refractivity contribution in [2.75, 3.05) is 0 Å². The van der Waals surface area contributed by atoms with Crippen LogP contribution < -0.4 is 16.8 Å². The molecule has 11 nitrogen and oxygen atoms in total. The number of carbonyl (C=O) groups excluding carboxylic acids is 1. The van der Waals surface area contributed by atoms with Gasteiger partial charge in [0.05, 0.1) is 0 Å². The van der Waals surface area contributed by atoms with Crippen LogP contribution in [0.4, 0.5) is 0 Å². The Morgan fingerprint density at radius 3 is 2.58 bits per heavy atom. The molecule has 0 saturated carbocycles. The van der Waals surface area contributed by atoms with Crippen LogP contribution in [0.3, 0.4) is 0 Å². The van der Waals surface area contributed by atoms with E-state index in [1.165, 1.54) is 9.13 Å². The largest absolute Gasteiger partial charge is 0.457 e. The number of fused-ring (bicyclic) bond motifs is 1. The molecule has 0 atom stereocenters. The number of aromatic nitrogens is 5. The molecule has 11 heteroatoms. The van der Waals surface area contributed by atoms with E-state index in [-0.39, 0.29) is 29.8 Å². The van der Waals surface area contributed by atoms with Gasteiger partial charge < -0.3 is 14.3 Å². The van der Waals surface area contributed by atoms with E-state index in [1.807, 2.05) is 13.0 Å². The number of esters is 1. The van der Waals surface area contributed by atoms with Gasteiger partial charge in [-0.1, -0.05) is 13.3 Å². The van der Waals surface area contributed by atoms with Crippen molar-refractivity contribution < 1.29 is 9.53 Å². The van der Waals surface area contributed by atoms with Gasteiger partial charge in [0.1, 0.15) is 24.1 Å². The van der Waals surface area contributed by atoms with Crippen LogP contribution in [0.2, 0.25) is 0 Å². The second-order valence-electron chi connectivity index (χ2n) is 7.85. The van der Waals surface area contributed by atoms with E-state index >= 15 is 0 Å². The maximum absolute atomic E-state index is 12.4. The summed E-state index contributed by atoms with van der Waals surface area (Å²) in [5.74, 6) is -0.161. The van der Waals surface area contributed by atoms with Crippen molar-refractivity contribution in [2.24, 2.45) is 7.05 Å². The molecule has 0 saturated heterocycles. The average molecular weight is 454 g/mol. The number of hydrogen-bond acceptors (Lipinski definition) is 7. The van der Waals surface area contributed by atoms with Crippen molar-refractivity contribution in [3.8, 4) is 6.07 Å². The summed E-state index contributed by atoms with van der Waals surface area (Å²) in [5, 5.41) is 9.18. The fourth-order valence-corrected chi connectivity index (χ4v) is 3.81. The number of nitriles is 1. The Balaban J connectivity index is 1.77. The van der Waals surface area contributed by atoms with Gasteiger partial charge in [0.2, 0.25) is 0 Å². The minimum atomic E-state index is -0.548. The lowest BCUT2D eigenvalue weighted by Crippen LogP contribution is -2.31. The molecule has 3 heterocycles. The minimum Gasteiger partial charge on any atom is -0.457 e. The van der Waals surface area contributed by atoms with Gasteiger partial charge >= 0.3 is 11.7 Å². The normalized spacial score (nSPS) is 11.0. The van der Waals surface area contributed by atoms with Crippen molar-refractivity contribution in [3.63, 3.8) is 0 Å². The number of nitrogens with one attached hydrogen (secondary N) is 2. The smallest absolute Gasteiger partial charge is 0.330 e. The fourth-order valence-electron chi connectivity index (χ4n) is 3.81. The zero-order valence-corrected chi connectivity index (χ0v) is 19.1. The third-order valence-corrected chi connectivity index (χ3v) is 5.70. The fraction of sp³-hybridized carbons (Fsp3) is 0.455. The zero-order valence-electron chi connectivity index (χ0n) is 19.1. The van der Waals surface area contributed by atoms with Gasteiger partial charge in [-0.15, -0.1) is 0 Å². The molecule has 0 spiro atoms. The molecule has 0 amide bonds. The summed E-state index contributed by atoms with van der Waals surface area (Å²) in [4.78, 5) is 58.1. The molecule has 0 unspecified atom stereocenters. The van der Waals surface area contributed by atoms with Crippen LogP contribution in [0, 0.1) is 25.2 Å². The number of H-pyrrole nitrogens is 2. The van der Waals surface area contributed by atoms with E-state index in [2.05, 4.69) is 15.0 Å². The lowest BCUT2D eigenvalue weighted by molar-refractivity contribution is -0.145. The molecule has 0 aliphatic heterocycles. The molecule has 0 radical (unpaired) electrons. The summed E-state index contributed by atoms with van der Waals surface area (Å²) in [6.45, 7) is 5.63. The summed E-state index contributed by atoms with van der Waals surface area (Å²) in [6, 6.07) is 1.89. The first kappa shape index (κ1) is 23.7. The third kappa shape index (κ3) is 4.64. The van der Waals surface area contributed by atoms with E-state index in [4.69, 9.17) is 4.74 Å². The number of rotatable bonds is 8. The molecule has 2 N–H and O–H groups in total. The van der Waals surface area contributed by atoms with Crippen LogP contribution in [0.15, 0.2) is 14.4 Å². The Labute approximate surface area is 188 Å². The number of carbonyl (C=O) groups is 1. The van der Waals surface area contributed by atoms with E-state index in [1.54, 1.807) is 20.9 Å². The van der Waals surface area contributed by atoms with E-state index in [0.717, 1.165) is 18.4 Å². The van der Waals surface area contributed by atoms with Crippen molar-refractivity contribution in [3.05, 3.63) is 59.4 Å². The third-order valence-electron chi connectivity index (χ3n) is 5.70. The highest BCUT2D eigenvalue weighted by atomic mass is 16.5. The van der Waals surface area contributed by atoms with Gasteiger partial charge in [-0.3, -0.25) is 23.9 Å². The molecular formula is C22H26N6O5. The molecule has 0 fully saturated rings. The van der Waals surface area contributed by atoms with Gasteiger partial charge in [-0.2, -0.15) is 5.26 Å². The topological polar surface area (TPSA) is 156 Å². The first-order chi connectivity index (χ1) is 15.7. The first-order valence-electron chi connectivity index (χ1n) is 10.7. The monoisotopic (exact) mass is 454 g/mol. The number of ether oxygens (including phenoxy) is 1. The Kier molecular flexibility index (Phi) is 6.96. The molecule has 33 heavy (non-hydrogen) atoms. The highest BCUT2D eigenvalue weighted by molar-refractivity contribution is 5.72. The predicted octanol–water partition coefficient (Wildman–Crippen LogP) is 1.08. The summed E-state index contributed by atoms with van der Waals surface area (Å²) >= 11 is 0. The maximum atomic E-state index is 12.4. The number of hydrogen-bond donors (Lipinski definition) is 2. The molecule has 0 aromatic carbocycles. The summed E-state index contributed by atoms with van der Waals surface area (Å²) in [7, 11) is 1.62. The number of pyridine rings is 1. The molecule has 0 aliphatic carbocycles. The molecule has 3 aromatic rings. The number of aromatic amines is 2. The molecule has 3 rings (SSSR count). The highest BCUT2D eigenvalue weighted by Crippen LogP contribution is 2.16. The summed E-state index contributed by atoms with van der Waals surface area (Å²) in [6.07, 6.45) is 1.94. The van der Waals surface area contributed by atoms with Crippen molar-refractivity contribution >= 4 is 17.1 Å². The molecular weight excluding hydrogens is 428 g/mol. The molecule has 0 bridgehead atoms. The van der Waals surface area contributed by atoms with Crippen molar-refractivity contribution in [1.29, 1.82) is 5.26 Å².